The van der Waals surface area contributed by atoms with Gasteiger partial charge in [0.2, 0.25) is 15.9 Å². The number of unbranched alkanes of at least 4 members (excludes halogenated alkanes) is 1. The first-order valence-electron chi connectivity index (χ1n) is 10.7. The van der Waals surface area contributed by atoms with Crippen molar-refractivity contribution in [1.29, 1.82) is 0 Å². The molecule has 13 heteroatoms. The zero-order valence-corrected chi connectivity index (χ0v) is 20.6. The van der Waals surface area contributed by atoms with Gasteiger partial charge in [0.15, 0.2) is 5.13 Å². The Morgan fingerprint density at radius 2 is 2.09 bits per heavy atom. The van der Waals surface area contributed by atoms with E-state index in [9.17, 15) is 22.8 Å². The highest BCUT2D eigenvalue weighted by Gasteiger charge is 2.22. The van der Waals surface area contributed by atoms with Crippen LogP contribution in [0, 0.1) is 0 Å². The monoisotopic (exact) mass is 509 g/mol. The minimum Gasteiger partial charge on any atom is -0.449 e. The van der Waals surface area contributed by atoms with Gasteiger partial charge in [-0.25, -0.2) is 18.2 Å². The minimum absolute atomic E-state index is 0.122. The number of nitrogens with one attached hydrogen (secondary N) is 2. The number of hydrogen-bond donors (Lipinski definition) is 2. The summed E-state index contributed by atoms with van der Waals surface area (Å²) in [6.07, 6.45) is 7.58. The van der Waals surface area contributed by atoms with Gasteiger partial charge in [-0.3, -0.25) is 13.6 Å². The summed E-state index contributed by atoms with van der Waals surface area (Å²) in [5.41, 5.74) is 1.66. The highest BCUT2D eigenvalue weighted by Crippen LogP contribution is 2.25. The lowest BCUT2D eigenvalue weighted by atomic mass is 10.1. The van der Waals surface area contributed by atoms with E-state index in [0.29, 0.717) is 36.9 Å². The SMILES string of the molecule is CCCCOC(=O)N1CCC=C(c2csc(NC(=O)CNC(=O)c3ccn(S(C)(=O)=O)c3)n2)C1. The molecule has 0 bridgehead atoms. The van der Waals surface area contributed by atoms with E-state index in [2.05, 4.69) is 15.6 Å². The summed E-state index contributed by atoms with van der Waals surface area (Å²) < 4.78 is 29.2. The molecule has 3 amide bonds. The molecule has 2 aromatic heterocycles. The summed E-state index contributed by atoms with van der Waals surface area (Å²) in [5, 5.41) is 7.22. The molecule has 0 saturated carbocycles. The van der Waals surface area contributed by atoms with Crippen molar-refractivity contribution in [1.82, 2.24) is 19.2 Å². The predicted octanol–water partition coefficient (Wildman–Crippen LogP) is 2.15. The Balaban J connectivity index is 1.50. The third kappa shape index (κ3) is 6.90. The van der Waals surface area contributed by atoms with E-state index >= 15 is 0 Å². The summed E-state index contributed by atoms with van der Waals surface area (Å²) in [5.74, 6) is -1.05. The molecule has 184 valence electrons. The van der Waals surface area contributed by atoms with Crippen LogP contribution in [0.3, 0.4) is 0 Å². The maximum atomic E-state index is 12.2. The van der Waals surface area contributed by atoms with Crippen molar-refractivity contribution in [2.75, 3.05) is 37.8 Å². The Kier molecular flexibility index (Phi) is 8.45. The zero-order chi connectivity index (χ0) is 24.7. The molecule has 2 N–H and O–H groups in total. The number of nitrogens with zero attached hydrogens (tertiary/aromatic N) is 3. The fourth-order valence-corrected chi connectivity index (χ4v) is 4.44. The molecule has 0 fully saturated rings. The summed E-state index contributed by atoms with van der Waals surface area (Å²) in [6, 6.07) is 1.35. The molecule has 0 aliphatic carbocycles. The fourth-order valence-electron chi connectivity index (χ4n) is 3.10. The Bertz CT molecular complexity index is 1180. The van der Waals surface area contributed by atoms with Crippen molar-refractivity contribution in [2.45, 2.75) is 26.2 Å². The van der Waals surface area contributed by atoms with Gasteiger partial charge >= 0.3 is 6.09 Å². The second-order valence-corrected chi connectivity index (χ2v) is 10.4. The summed E-state index contributed by atoms with van der Waals surface area (Å²) in [4.78, 5) is 42.6. The number of aromatic nitrogens is 2. The fraction of sp³-hybridized carbons (Fsp3) is 0.429. The van der Waals surface area contributed by atoms with Crippen molar-refractivity contribution in [3.8, 4) is 0 Å². The van der Waals surface area contributed by atoms with Crippen LogP contribution in [0.2, 0.25) is 0 Å². The number of thiazole rings is 1. The molecule has 3 heterocycles. The molecule has 0 atom stereocenters. The molecule has 0 radical (unpaired) electrons. The van der Waals surface area contributed by atoms with Gasteiger partial charge in [-0.2, -0.15) is 0 Å². The lowest BCUT2D eigenvalue weighted by molar-refractivity contribution is -0.115. The van der Waals surface area contributed by atoms with E-state index in [1.54, 1.807) is 10.3 Å². The number of anilines is 1. The second-order valence-electron chi connectivity index (χ2n) is 7.67. The quantitative estimate of drug-likeness (QED) is 0.494. The summed E-state index contributed by atoms with van der Waals surface area (Å²) in [7, 11) is -3.49. The van der Waals surface area contributed by atoms with E-state index in [-0.39, 0.29) is 18.2 Å². The van der Waals surface area contributed by atoms with Crippen LogP contribution in [0.15, 0.2) is 29.9 Å². The number of ether oxygens (including phenoxy) is 1. The smallest absolute Gasteiger partial charge is 0.410 e. The van der Waals surface area contributed by atoms with Crippen LogP contribution in [0.1, 0.15) is 42.2 Å². The largest absolute Gasteiger partial charge is 0.449 e. The number of carbonyl (C=O) groups excluding carboxylic acids is 3. The van der Waals surface area contributed by atoms with Crippen LogP contribution >= 0.6 is 11.3 Å². The highest BCUT2D eigenvalue weighted by molar-refractivity contribution is 7.89. The van der Waals surface area contributed by atoms with Gasteiger partial charge in [0.25, 0.3) is 5.91 Å². The van der Waals surface area contributed by atoms with Crippen molar-refractivity contribution in [2.24, 2.45) is 0 Å². The van der Waals surface area contributed by atoms with Gasteiger partial charge in [0.1, 0.15) is 0 Å². The molecule has 1 aliphatic rings. The molecular formula is C21H27N5O6S2. The maximum absolute atomic E-state index is 12.2. The second kappa shape index (κ2) is 11.3. The zero-order valence-electron chi connectivity index (χ0n) is 18.9. The van der Waals surface area contributed by atoms with Crippen LogP contribution in [0.5, 0.6) is 0 Å². The lowest BCUT2D eigenvalue weighted by Gasteiger charge is -2.26. The Morgan fingerprint density at radius 1 is 1.29 bits per heavy atom. The molecule has 34 heavy (non-hydrogen) atoms. The van der Waals surface area contributed by atoms with Crippen LogP contribution in [-0.4, -0.2) is 72.7 Å². The van der Waals surface area contributed by atoms with Gasteiger partial charge < -0.3 is 20.3 Å². The molecular weight excluding hydrogens is 482 g/mol. The third-order valence-electron chi connectivity index (χ3n) is 4.93. The minimum atomic E-state index is -3.49. The first-order valence-corrected chi connectivity index (χ1v) is 13.4. The highest BCUT2D eigenvalue weighted by atomic mass is 32.2. The van der Waals surface area contributed by atoms with Gasteiger partial charge in [-0.1, -0.05) is 19.4 Å². The van der Waals surface area contributed by atoms with Crippen LogP contribution in [0.4, 0.5) is 9.93 Å². The van der Waals surface area contributed by atoms with Crippen molar-refractivity contribution in [3.05, 3.63) is 41.2 Å². The topological polar surface area (TPSA) is 140 Å². The number of carbonyl (C=O) groups is 3. The molecule has 2 aromatic rings. The van der Waals surface area contributed by atoms with E-state index in [0.717, 1.165) is 28.6 Å². The Labute approximate surface area is 201 Å². The Morgan fingerprint density at radius 3 is 2.79 bits per heavy atom. The lowest BCUT2D eigenvalue weighted by Crippen LogP contribution is -2.36. The van der Waals surface area contributed by atoms with Gasteiger partial charge in [-0.15, -0.1) is 11.3 Å². The molecule has 3 rings (SSSR count). The number of amides is 3. The standard InChI is InChI=1S/C21H27N5O6S2/c1-3-4-10-32-21(29)25-8-5-6-15(12-25)17-14-33-20(23-17)24-18(27)11-22-19(28)16-7-9-26(13-16)34(2,30)31/h6-7,9,13-14H,3-5,8,10-12H2,1-2H3,(H,22,28)(H,23,24,27). The number of rotatable bonds is 9. The van der Waals surface area contributed by atoms with E-state index in [4.69, 9.17) is 4.74 Å². The van der Waals surface area contributed by atoms with Crippen LogP contribution < -0.4 is 10.6 Å². The average Bonchev–Trinajstić information content (AvgIpc) is 3.48. The van der Waals surface area contributed by atoms with Crippen LogP contribution in [-0.2, 0) is 19.6 Å². The van der Waals surface area contributed by atoms with E-state index in [1.165, 1.54) is 29.8 Å². The number of hydrogen-bond acceptors (Lipinski definition) is 8. The summed E-state index contributed by atoms with van der Waals surface area (Å²) in [6.45, 7) is 3.08. The molecule has 0 unspecified atom stereocenters. The normalized spacial score (nSPS) is 13.8. The van der Waals surface area contributed by atoms with Crippen molar-refractivity contribution in [3.63, 3.8) is 0 Å². The average molecular weight is 510 g/mol. The van der Waals surface area contributed by atoms with E-state index < -0.39 is 21.8 Å². The van der Waals surface area contributed by atoms with Crippen molar-refractivity contribution < 1.29 is 27.5 Å². The molecule has 1 aliphatic heterocycles. The molecule has 11 nitrogen and oxygen atoms in total. The first-order chi connectivity index (χ1) is 16.2. The maximum Gasteiger partial charge on any atom is 0.410 e. The van der Waals surface area contributed by atoms with Gasteiger partial charge in [0.05, 0.1) is 37.2 Å². The third-order valence-corrected chi connectivity index (χ3v) is 6.68. The predicted molar refractivity (Wildman–Crippen MR) is 128 cm³/mol. The molecule has 0 aromatic carbocycles. The van der Waals surface area contributed by atoms with E-state index in [1.807, 2.05) is 13.0 Å². The first kappa shape index (κ1) is 25.4. The molecule has 0 spiro atoms. The van der Waals surface area contributed by atoms with Crippen LogP contribution in [0.25, 0.3) is 5.57 Å². The van der Waals surface area contributed by atoms with Gasteiger partial charge in [-0.05, 0) is 24.5 Å². The van der Waals surface area contributed by atoms with Crippen molar-refractivity contribution >= 4 is 50.0 Å². The van der Waals surface area contributed by atoms with Gasteiger partial charge in [0, 0.05) is 24.3 Å². The molecule has 0 saturated heterocycles. The Hall–Kier alpha value is -3.19. The summed E-state index contributed by atoms with van der Waals surface area (Å²) >= 11 is 1.23.